The number of nitriles is 1. The third-order valence-corrected chi connectivity index (χ3v) is 3.83. The van der Waals surface area contributed by atoms with Gasteiger partial charge in [-0.25, -0.2) is 18.1 Å². The standard InChI is InChI=1S/C12H11N5O2S/c1-9-5-15-11(6-14-9)7-17-20(18,19)12-3-2-10(4-13)16-8-12/h2-3,5-6,8,17H,7H2,1H3. The van der Waals surface area contributed by atoms with Gasteiger partial charge in [0.2, 0.25) is 10.0 Å². The van der Waals surface area contributed by atoms with E-state index < -0.39 is 10.0 Å². The van der Waals surface area contributed by atoms with Crippen molar-refractivity contribution < 1.29 is 8.42 Å². The average Bonchev–Trinajstić information content (AvgIpc) is 2.47. The van der Waals surface area contributed by atoms with Gasteiger partial charge in [0.1, 0.15) is 16.7 Å². The summed E-state index contributed by atoms with van der Waals surface area (Å²) in [5.74, 6) is 0. The van der Waals surface area contributed by atoms with E-state index in [1.165, 1.54) is 18.3 Å². The van der Waals surface area contributed by atoms with Crippen LogP contribution in [0.2, 0.25) is 0 Å². The molecule has 0 atom stereocenters. The van der Waals surface area contributed by atoms with E-state index >= 15 is 0 Å². The lowest BCUT2D eigenvalue weighted by atomic mass is 10.4. The molecule has 0 fully saturated rings. The molecule has 102 valence electrons. The van der Waals surface area contributed by atoms with Crippen LogP contribution >= 0.6 is 0 Å². The molecule has 0 saturated heterocycles. The van der Waals surface area contributed by atoms with E-state index in [9.17, 15) is 8.42 Å². The molecule has 7 nitrogen and oxygen atoms in total. The highest BCUT2D eigenvalue weighted by Gasteiger charge is 2.14. The van der Waals surface area contributed by atoms with Crippen molar-refractivity contribution in [2.75, 3.05) is 0 Å². The van der Waals surface area contributed by atoms with E-state index in [-0.39, 0.29) is 17.1 Å². The largest absolute Gasteiger partial charge is 0.258 e. The highest BCUT2D eigenvalue weighted by molar-refractivity contribution is 7.89. The Morgan fingerprint density at radius 3 is 2.55 bits per heavy atom. The summed E-state index contributed by atoms with van der Waals surface area (Å²) in [6, 6.07) is 4.50. The molecule has 0 radical (unpaired) electrons. The lowest BCUT2D eigenvalue weighted by molar-refractivity contribution is 0.580. The van der Waals surface area contributed by atoms with E-state index in [1.807, 2.05) is 6.07 Å². The van der Waals surface area contributed by atoms with Crippen LogP contribution < -0.4 is 4.72 Å². The molecule has 20 heavy (non-hydrogen) atoms. The third kappa shape index (κ3) is 3.34. The first-order valence-corrected chi connectivity index (χ1v) is 7.13. The van der Waals surface area contributed by atoms with Gasteiger partial charge in [-0.15, -0.1) is 0 Å². The van der Waals surface area contributed by atoms with Gasteiger partial charge in [-0.05, 0) is 19.1 Å². The molecule has 0 aliphatic carbocycles. The van der Waals surface area contributed by atoms with Crippen LogP contribution in [-0.4, -0.2) is 23.4 Å². The summed E-state index contributed by atoms with van der Waals surface area (Å²) in [5, 5.41) is 8.61. The molecule has 0 spiro atoms. The molecule has 0 amide bonds. The first-order chi connectivity index (χ1) is 9.51. The van der Waals surface area contributed by atoms with E-state index in [0.717, 1.165) is 11.9 Å². The lowest BCUT2D eigenvalue weighted by Gasteiger charge is -2.06. The van der Waals surface area contributed by atoms with Crippen molar-refractivity contribution in [1.82, 2.24) is 19.7 Å². The Balaban J connectivity index is 2.10. The SMILES string of the molecule is Cc1cnc(CNS(=O)(=O)c2ccc(C#N)nc2)cn1. The molecule has 1 N–H and O–H groups in total. The summed E-state index contributed by atoms with van der Waals surface area (Å²) in [4.78, 5) is 11.8. The zero-order valence-corrected chi connectivity index (χ0v) is 11.4. The molecule has 0 unspecified atom stereocenters. The minimum Gasteiger partial charge on any atom is -0.258 e. The van der Waals surface area contributed by atoms with Crippen LogP contribution in [0.4, 0.5) is 0 Å². The molecule has 8 heteroatoms. The predicted molar refractivity (Wildman–Crippen MR) is 69.7 cm³/mol. The van der Waals surface area contributed by atoms with Crippen molar-refractivity contribution in [2.45, 2.75) is 18.4 Å². The average molecular weight is 289 g/mol. The molecular weight excluding hydrogens is 278 g/mol. The molecule has 2 rings (SSSR count). The van der Waals surface area contributed by atoms with Crippen molar-refractivity contribution in [3.63, 3.8) is 0 Å². The van der Waals surface area contributed by atoms with Gasteiger partial charge < -0.3 is 0 Å². The van der Waals surface area contributed by atoms with Gasteiger partial charge in [-0.3, -0.25) is 9.97 Å². The Hall–Kier alpha value is -2.37. The number of hydrogen-bond acceptors (Lipinski definition) is 6. The summed E-state index contributed by atoms with van der Waals surface area (Å²) in [6.07, 6.45) is 4.21. The van der Waals surface area contributed by atoms with Gasteiger partial charge in [0.15, 0.2) is 0 Å². The zero-order valence-electron chi connectivity index (χ0n) is 10.6. The van der Waals surface area contributed by atoms with Crippen molar-refractivity contribution in [3.05, 3.63) is 47.8 Å². The summed E-state index contributed by atoms with van der Waals surface area (Å²) in [7, 11) is -3.68. The predicted octanol–water partition coefficient (Wildman–Crippen LogP) is 0.530. The minimum atomic E-state index is -3.68. The first-order valence-electron chi connectivity index (χ1n) is 5.64. The second-order valence-electron chi connectivity index (χ2n) is 3.96. The lowest BCUT2D eigenvalue weighted by Crippen LogP contribution is -2.24. The van der Waals surface area contributed by atoms with Crippen LogP contribution in [0.1, 0.15) is 17.1 Å². The molecule has 0 saturated carbocycles. The fourth-order valence-electron chi connectivity index (χ4n) is 1.37. The molecule has 0 bridgehead atoms. The van der Waals surface area contributed by atoms with Crippen molar-refractivity contribution in [1.29, 1.82) is 5.26 Å². The van der Waals surface area contributed by atoms with Crippen LogP contribution in [0.25, 0.3) is 0 Å². The Morgan fingerprint density at radius 2 is 2.00 bits per heavy atom. The molecule has 2 heterocycles. The minimum absolute atomic E-state index is 0.00318. The topological polar surface area (TPSA) is 109 Å². The van der Waals surface area contributed by atoms with E-state index in [2.05, 4.69) is 19.7 Å². The second-order valence-corrected chi connectivity index (χ2v) is 5.73. The van der Waals surface area contributed by atoms with Gasteiger partial charge in [-0.1, -0.05) is 0 Å². The van der Waals surface area contributed by atoms with E-state index in [1.54, 1.807) is 13.1 Å². The third-order valence-electron chi connectivity index (χ3n) is 2.44. The van der Waals surface area contributed by atoms with Crippen LogP contribution in [-0.2, 0) is 16.6 Å². The summed E-state index contributed by atoms with van der Waals surface area (Å²) in [5.41, 5.74) is 1.43. The number of pyridine rings is 1. The quantitative estimate of drug-likeness (QED) is 0.879. The number of hydrogen-bond donors (Lipinski definition) is 1. The number of sulfonamides is 1. The molecular formula is C12H11N5O2S. The number of rotatable bonds is 4. The monoisotopic (exact) mass is 289 g/mol. The maximum absolute atomic E-state index is 12.0. The number of nitrogens with zero attached hydrogens (tertiary/aromatic N) is 4. The first kappa shape index (κ1) is 14.0. The second kappa shape index (κ2) is 5.73. The maximum atomic E-state index is 12.0. The van der Waals surface area contributed by atoms with Crippen LogP contribution in [0, 0.1) is 18.3 Å². The van der Waals surface area contributed by atoms with E-state index in [4.69, 9.17) is 5.26 Å². The van der Waals surface area contributed by atoms with E-state index in [0.29, 0.717) is 5.69 Å². The fourth-order valence-corrected chi connectivity index (χ4v) is 2.31. The van der Waals surface area contributed by atoms with Crippen LogP contribution in [0.5, 0.6) is 0 Å². The Kier molecular flexibility index (Phi) is 4.02. The Morgan fingerprint density at radius 1 is 1.20 bits per heavy atom. The number of nitrogens with one attached hydrogen (secondary N) is 1. The summed E-state index contributed by atoms with van der Waals surface area (Å²) in [6.45, 7) is 1.83. The molecule has 0 aromatic carbocycles. The van der Waals surface area contributed by atoms with Crippen molar-refractivity contribution in [3.8, 4) is 6.07 Å². The van der Waals surface area contributed by atoms with Gasteiger partial charge in [0.25, 0.3) is 0 Å². The van der Waals surface area contributed by atoms with Crippen LogP contribution in [0.3, 0.4) is 0 Å². The van der Waals surface area contributed by atoms with Gasteiger partial charge >= 0.3 is 0 Å². The van der Waals surface area contributed by atoms with Gasteiger partial charge in [0, 0.05) is 12.4 Å². The molecule has 2 aromatic rings. The Bertz CT molecular complexity index is 733. The molecule has 2 aromatic heterocycles. The van der Waals surface area contributed by atoms with Gasteiger partial charge in [0.05, 0.1) is 24.1 Å². The molecule has 0 aliphatic heterocycles. The summed E-state index contributed by atoms with van der Waals surface area (Å²) >= 11 is 0. The smallest absolute Gasteiger partial charge is 0.242 e. The van der Waals surface area contributed by atoms with Crippen molar-refractivity contribution in [2.24, 2.45) is 0 Å². The fraction of sp³-hybridized carbons (Fsp3) is 0.167. The Labute approximate surface area is 116 Å². The highest BCUT2D eigenvalue weighted by Crippen LogP contribution is 2.08. The zero-order chi connectivity index (χ0) is 14.6. The summed E-state index contributed by atoms with van der Waals surface area (Å²) < 4.78 is 26.4. The maximum Gasteiger partial charge on any atom is 0.242 e. The molecule has 0 aliphatic rings. The number of aromatic nitrogens is 3. The normalized spacial score (nSPS) is 11.0. The number of aryl methyl sites for hydroxylation is 1. The highest BCUT2D eigenvalue weighted by atomic mass is 32.2. The van der Waals surface area contributed by atoms with Crippen LogP contribution in [0.15, 0.2) is 35.6 Å². The van der Waals surface area contributed by atoms with Gasteiger partial charge in [-0.2, -0.15) is 5.26 Å². The van der Waals surface area contributed by atoms with Crippen molar-refractivity contribution >= 4 is 10.0 Å².